The molecule has 0 aromatic heterocycles. The lowest BCUT2D eigenvalue weighted by Crippen LogP contribution is -2.25. The van der Waals surface area contributed by atoms with Crippen LogP contribution in [-0.2, 0) is 0 Å². The van der Waals surface area contributed by atoms with Crippen molar-refractivity contribution in [3.05, 3.63) is 29.8 Å². The highest BCUT2D eigenvalue weighted by Crippen LogP contribution is 2.13. The van der Waals surface area contributed by atoms with Gasteiger partial charge in [-0.15, -0.1) is 0 Å². The summed E-state index contributed by atoms with van der Waals surface area (Å²) in [5, 5.41) is 8.79. The first kappa shape index (κ1) is 15.9. The van der Waals surface area contributed by atoms with Crippen molar-refractivity contribution in [2.45, 2.75) is 13.8 Å². The molecule has 0 aliphatic carbocycles. The maximum absolute atomic E-state index is 8.79. The molecule has 0 saturated heterocycles. The Kier molecular flexibility index (Phi) is 8.11. The zero-order valence-corrected chi connectivity index (χ0v) is 12.6. The Labute approximate surface area is 120 Å². The summed E-state index contributed by atoms with van der Waals surface area (Å²) in [7, 11) is 0. The molecule has 0 N–H and O–H groups in total. The lowest BCUT2D eigenvalue weighted by molar-refractivity contribution is 0.323. The van der Waals surface area contributed by atoms with Gasteiger partial charge in [-0.2, -0.15) is 17.0 Å². The average Bonchev–Trinajstić information content (AvgIpc) is 2.47. The minimum absolute atomic E-state index is 0.645. The summed E-state index contributed by atoms with van der Waals surface area (Å²) in [4.78, 5) is 2.42. The number of hydrogen-bond donors (Lipinski definition) is 0. The summed E-state index contributed by atoms with van der Waals surface area (Å²) in [5.41, 5.74) is 0.645. The van der Waals surface area contributed by atoms with E-state index in [4.69, 9.17) is 10.00 Å². The molecule has 0 fully saturated rings. The van der Waals surface area contributed by atoms with Gasteiger partial charge >= 0.3 is 0 Å². The lowest BCUT2D eigenvalue weighted by Gasteiger charge is -2.17. The fourth-order valence-corrected chi connectivity index (χ4v) is 2.50. The van der Waals surface area contributed by atoms with Gasteiger partial charge in [0.2, 0.25) is 0 Å². The molecule has 0 spiro atoms. The van der Waals surface area contributed by atoms with E-state index < -0.39 is 0 Å². The molecule has 0 bridgehead atoms. The maximum atomic E-state index is 8.79. The molecule has 0 unspecified atom stereocenters. The Bertz CT molecular complexity index is 399. The molecule has 0 heterocycles. The molecular formula is C15H22N2OS. The quantitative estimate of drug-likeness (QED) is 0.651. The second-order valence-corrected chi connectivity index (χ2v) is 5.35. The summed E-state index contributed by atoms with van der Waals surface area (Å²) < 4.78 is 5.62. The first-order chi connectivity index (χ1) is 9.30. The van der Waals surface area contributed by atoms with Gasteiger partial charge in [-0.1, -0.05) is 19.9 Å². The minimum Gasteiger partial charge on any atom is -0.493 e. The number of thioether (sulfide) groups is 1. The molecule has 0 atom stereocenters. The van der Waals surface area contributed by atoms with Gasteiger partial charge in [-0.25, -0.2) is 0 Å². The smallest absolute Gasteiger partial charge is 0.120 e. The Hall–Kier alpha value is -1.18. The van der Waals surface area contributed by atoms with E-state index in [1.54, 1.807) is 12.1 Å². The topological polar surface area (TPSA) is 36.3 Å². The number of nitriles is 1. The van der Waals surface area contributed by atoms with Crippen LogP contribution >= 0.6 is 11.8 Å². The van der Waals surface area contributed by atoms with E-state index in [9.17, 15) is 0 Å². The highest BCUT2D eigenvalue weighted by molar-refractivity contribution is 7.99. The number of rotatable bonds is 9. The fourth-order valence-electron chi connectivity index (χ4n) is 1.71. The summed E-state index contributed by atoms with van der Waals surface area (Å²) >= 11 is 1.91. The van der Waals surface area contributed by atoms with Gasteiger partial charge in [-0.3, -0.25) is 0 Å². The molecule has 0 radical (unpaired) electrons. The summed E-state index contributed by atoms with van der Waals surface area (Å²) in [5.74, 6) is 2.91. The molecule has 104 valence electrons. The van der Waals surface area contributed by atoms with Crippen molar-refractivity contribution in [2.75, 3.05) is 37.7 Å². The van der Waals surface area contributed by atoms with Crippen LogP contribution in [0.15, 0.2) is 24.3 Å². The zero-order valence-electron chi connectivity index (χ0n) is 11.8. The molecule has 1 aromatic rings. The van der Waals surface area contributed by atoms with Crippen LogP contribution in [0.5, 0.6) is 5.75 Å². The predicted octanol–water partition coefficient (Wildman–Crippen LogP) is 3.01. The van der Waals surface area contributed by atoms with Gasteiger partial charge in [0.25, 0.3) is 0 Å². The van der Waals surface area contributed by atoms with Crippen molar-refractivity contribution in [2.24, 2.45) is 0 Å². The summed E-state index contributed by atoms with van der Waals surface area (Å²) in [6.45, 7) is 8.46. The third-order valence-electron chi connectivity index (χ3n) is 2.91. The standard InChI is InChI=1S/C15H22N2OS/c1-3-17(4-2)8-10-19-11-9-18-15-7-5-6-14(12-15)13-16/h5-7,12H,3-4,8-11H2,1-2H3. The van der Waals surface area contributed by atoms with E-state index in [1.807, 2.05) is 23.9 Å². The van der Waals surface area contributed by atoms with Crippen LogP contribution in [0.2, 0.25) is 0 Å². The molecule has 3 nitrogen and oxygen atoms in total. The predicted molar refractivity (Wildman–Crippen MR) is 81.8 cm³/mol. The fraction of sp³-hybridized carbons (Fsp3) is 0.533. The number of hydrogen-bond acceptors (Lipinski definition) is 4. The molecule has 0 saturated carbocycles. The SMILES string of the molecule is CCN(CC)CCSCCOc1cccc(C#N)c1. The van der Waals surface area contributed by atoms with Gasteiger partial charge in [0.15, 0.2) is 0 Å². The molecule has 1 aromatic carbocycles. The van der Waals surface area contributed by atoms with Crippen molar-refractivity contribution < 1.29 is 4.74 Å². The molecular weight excluding hydrogens is 256 g/mol. The summed E-state index contributed by atoms with van der Waals surface area (Å²) in [6, 6.07) is 9.41. The van der Waals surface area contributed by atoms with Crippen molar-refractivity contribution in [3.63, 3.8) is 0 Å². The number of ether oxygens (including phenoxy) is 1. The van der Waals surface area contributed by atoms with Crippen LogP contribution in [0.1, 0.15) is 19.4 Å². The van der Waals surface area contributed by atoms with Crippen molar-refractivity contribution >= 4 is 11.8 Å². The van der Waals surface area contributed by atoms with Gasteiger partial charge < -0.3 is 9.64 Å². The third kappa shape index (κ3) is 6.51. The second kappa shape index (κ2) is 9.71. The van der Waals surface area contributed by atoms with Crippen LogP contribution in [-0.4, -0.2) is 42.6 Å². The molecule has 0 aliphatic heterocycles. The highest BCUT2D eigenvalue weighted by Gasteiger charge is 1.99. The Morgan fingerprint density at radius 2 is 2.05 bits per heavy atom. The van der Waals surface area contributed by atoms with Crippen LogP contribution in [0, 0.1) is 11.3 Å². The van der Waals surface area contributed by atoms with E-state index >= 15 is 0 Å². The molecule has 1 rings (SSSR count). The Balaban J connectivity index is 2.12. The average molecular weight is 278 g/mol. The molecule has 4 heteroatoms. The maximum Gasteiger partial charge on any atom is 0.120 e. The van der Waals surface area contributed by atoms with Crippen molar-refractivity contribution in [1.29, 1.82) is 5.26 Å². The minimum atomic E-state index is 0.645. The van der Waals surface area contributed by atoms with Crippen LogP contribution in [0.4, 0.5) is 0 Å². The highest BCUT2D eigenvalue weighted by atomic mass is 32.2. The number of benzene rings is 1. The Morgan fingerprint density at radius 1 is 1.26 bits per heavy atom. The van der Waals surface area contributed by atoms with Crippen molar-refractivity contribution in [3.8, 4) is 11.8 Å². The van der Waals surface area contributed by atoms with Crippen LogP contribution in [0.25, 0.3) is 0 Å². The molecule has 0 aliphatic rings. The van der Waals surface area contributed by atoms with E-state index in [0.29, 0.717) is 12.2 Å². The van der Waals surface area contributed by atoms with Gasteiger partial charge in [0, 0.05) is 18.1 Å². The monoisotopic (exact) mass is 278 g/mol. The lowest BCUT2D eigenvalue weighted by atomic mass is 10.2. The van der Waals surface area contributed by atoms with Crippen molar-refractivity contribution in [1.82, 2.24) is 4.90 Å². The van der Waals surface area contributed by atoms with E-state index in [-0.39, 0.29) is 0 Å². The van der Waals surface area contributed by atoms with Crippen LogP contribution in [0.3, 0.4) is 0 Å². The van der Waals surface area contributed by atoms with Gasteiger partial charge in [0.1, 0.15) is 5.75 Å². The first-order valence-corrected chi connectivity index (χ1v) is 7.88. The molecule has 19 heavy (non-hydrogen) atoms. The second-order valence-electron chi connectivity index (χ2n) is 4.13. The van der Waals surface area contributed by atoms with Gasteiger partial charge in [-0.05, 0) is 31.3 Å². The first-order valence-electron chi connectivity index (χ1n) is 6.73. The third-order valence-corrected chi connectivity index (χ3v) is 3.83. The van der Waals surface area contributed by atoms with E-state index in [0.717, 1.165) is 36.9 Å². The van der Waals surface area contributed by atoms with Gasteiger partial charge in [0.05, 0.1) is 18.2 Å². The zero-order chi connectivity index (χ0) is 13.9. The van der Waals surface area contributed by atoms with E-state index in [1.165, 1.54) is 0 Å². The summed E-state index contributed by atoms with van der Waals surface area (Å²) in [6.07, 6.45) is 0. The Morgan fingerprint density at radius 3 is 2.74 bits per heavy atom. The van der Waals surface area contributed by atoms with Crippen LogP contribution < -0.4 is 4.74 Å². The van der Waals surface area contributed by atoms with E-state index in [2.05, 4.69) is 24.8 Å². The molecule has 0 amide bonds. The largest absolute Gasteiger partial charge is 0.493 e. The normalized spacial score (nSPS) is 10.4. The number of nitrogens with zero attached hydrogens (tertiary/aromatic N) is 2.